The number of carbonyl (C=O) groups is 1. The normalized spacial score (nSPS) is 21.8. The molecule has 2 fully saturated rings. The van der Waals surface area contributed by atoms with Crippen molar-refractivity contribution < 1.29 is 14.3 Å². The Bertz CT molecular complexity index is 247. The number of thioether (sulfide) groups is 1. The summed E-state index contributed by atoms with van der Waals surface area (Å²) in [4.78, 5) is 11.2. The molecule has 0 aliphatic heterocycles. The summed E-state index contributed by atoms with van der Waals surface area (Å²) in [6.45, 7) is 0.928. The van der Waals surface area contributed by atoms with Gasteiger partial charge in [-0.2, -0.15) is 0 Å². The highest BCUT2D eigenvalue weighted by Crippen LogP contribution is 2.51. The maximum atomic E-state index is 11.2. The second-order valence-corrected chi connectivity index (χ2v) is 5.97. The first-order valence-corrected chi connectivity index (χ1v) is 7.12. The number of carbonyl (C=O) groups excluding carboxylic acids is 1. The molecule has 16 heavy (non-hydrogen) atoms. The lowest BCUT2D eigenvalue weighted by molar-refractivity contribution is -0.141. The van der Waals surface area contributed by atoms with E-state index in [1.165, 1.54) is 20.0 Å². The molecule has 0 aromatic carbocycles. The molecule has 2 aliphatic rings. The number of ether oxygens (including phenoxy) is 2. The number of rotatable bonds is 8. The van der Waals surface area contributed by atoms with E-state index in [9.17, 15) is 4.79 Å². The summed E-state index contributed by atoms with van der Waals surface area (Å²) in [5.74, 6) is 2.58. The van der Waals surface area contributed by atoms with Gasteiger partial charge in [0.15, 0.2) is 0 Å². The van der Waals surface area contributed by atoms with Crippen LogP contribution in [0.3, 0.4) is 0 Å². The van der Waals surface area contributed by atoms with Crippen molar-refractivity contribution in [2.75, 3.05) is 25.4 Å². The Hall–Kier alpha value is -0.220. The molecule has 0 aromatic rings. The van der Waals surface area contributed by atoms with Crippen LogP contribution in [0.1, 0.15) is 32.1 Å². The lowest BCUT2D eigenvalue weighted by Crippen LogP contribution is -2.13. The van der Waals surface area contributed by atoms with Crippen LogP contribution in [0, 0.1) is 11.3 Å². The van der Waals surface area contributed by atoms with Crippen LogP contribution in [0.15, 0.2) is 0 Å². The Morgan fingerprint density at radius 1 is 1.44 bits per heavy atom. The van der Waals surface area contributed by atoms with Gasteiger partial charge in [0.2, 0.25) is 0 Å². The third kappa shape index (κ3) is 3.98. The Morgan fingerprint density at radius 3 is 2.75 bits per heavy atom. The molecule has 0 atom stereocenters. The predicted molar refractivity (Wildman–Crippen MR) is 64.3 cm³/mol. The van der Waals surface area contributed by atoms with Crippen molar-refractivity contribution in [3.05, 3.63) is 0 Å². The first-order valence-electron chi connectivity index (χ1n) is 5.96. The lowest BCUT2D eigenvalue weighted by Gasteiger charge is -2.12. The number of methoxy groups -OCH3 is 1. The second-order valence-electron chi connectivity index (χ2n) is 5.03. The first kappa shape index (κ1) is 12.2. The van der Waals surface area contributed by atoms with E-state index in [4.69, 9.17) is 9.47 Å². The zero-order valence-electron chi connectivity index (χ0n) is 9.87. The SMILES string of the molecule is COC(=O)CC1(CSCOCC2CC2)CC1. The van der Waals surface area contributed by atoms with Crippen LogP contribution in [0.2, 0.25) is 0 Å². The highest BCUT2D eigenvalue weighted by atomic mass is 32.2. The van der Waals surface area contributed by atoms with Crippen LogP contribution in [0.4, 0.5) is 0 Å². The maximum absolute atomic E-state index is 11.2. The molecule has 2 aliphatic carbocycles. The quantitative estimate of drug-likeness (QED) is 0.373. The van der Waals surface area contributed by atoms with Crippen molar-refractivity contribution in [2.24, 2.45) is 11.3 Å². The standard InChI is InChI=1S/C12H20O3S/c1-14-11(13)6-12(4-5-12)8-16-9-15-7-10-2-3-10/h10H,2-9H2,1H3. The molecule has 0 amide bonds. The zero-order valence-corrected chi connectivity index (χ0v) is 10.7. The van der Waals surface area contributed by atoms with Gasteiger partial charge in [-0.05, 0) is 37.0 Å². The monoisotopic (exact) mass is 244 g/mol. The predicted octanol–water partition coefficient (Wildman–Crippen LogP) is 2.45. The smallest absolute Gasteiger partial charge is 0.306 e. The Morgan fingerprint density at radius 2 is 2.19 bits per heavy atom. The molecule has 0 spiro atoms. The molecule has 4 heteroatoms. The fraction of sp³-hybridized carbons (Fsp3) is 0.917. The van der Waals surface area contributed by atoms with E-state index < -0.39 is 0 Å². The van der Waals surface area contributed by atoms with Gasteiger partial charge in [0.25, 0.3) is 0 Å². The van der Waals surface area contributed by atoms with Crippen molar-refractivity contribution in [3.8, 4) is 0 Å². The summed E-state index contributed by atoms with van der Waals surface area (Å²) in [5, 5.41) is 0. The maximum Gasteiger partial charge on any atom is 0.306 e. The summed E-state index contributed by atoms with van der Waals surface area (Å²) < 4.78 is 10.3. The highest BCUT2D eigenvalue weighted by molar-refractivity contribution is 7.99. The van der Waals surface area contributed by atoms with Crippen LogP contribution >= 0.6 is 11.8 Å². The van der Waals surface area contributed by atoms with Gasteiger partial charge in [-0.3, -0.25) is 4.79 Å². The summed E-state index contributed by atoms with van der Waals surface area (Å²) >= 11 is 1.81. The van der Waals surface area contributed by atoms with Crippen LogP contribution < -0.4 is 0 Å². The molecule has 2 saturated carbocycles. The van der Waals surface area contributed by atoms with E-state index in [0.717, 1.165) is 37.1 Å². The minimum atomic E-state index is -0.0722. The molecular formula is C12H20O3S. The Labute approximate surface area is 101 Å². The fourth-order valence-corrected chi connectivity index (χ4v) is 2.86. The molecule has 0 bridgehead atoms. The van der Waals surface area contributed by atoms with Crippen molar-refractivity contribution in [3.63, 3.8) is 0 Å². The third-order valence-corrected chi connectivity index (χ3v) is 4.48. The van der Waals surface area contributed by atoms with Crippen LogP contribution in [0.25, 0.3) is 0 Å². The van der Waals surface area contributed by atoms with E-state index in [0.29, 0.717) is 6.42 Å². The van der Waals surface area contributed by atoms with Crippen molar-refractivity contribution in [1.29, 1.82) is 0 Å². The van der Waals surface area contributed by atoms with Gasteiger partial charge in [0.05, 0.1) is 26.1 Å². The highest BCUT2D eigenvalue weighted by Gasteiger charge is 2.44. The molecule has 3 nitrogen and oxygen atoms in total. The average Bonchev–Trinajstić information content (AvgIpc) is 3.14. The molecule has 2 rings (SSSR count). The van der Waals surface area contributed by atoms with E-state index in [1.807, 2.05) is 11.8 Å². The van der Waals surface area contributed by atoms with Crippen molar-refractivity contribution in [2.45, 2.75) is 32.1 Å². The van der Waals surface area contributed by atoms with E-state index >= 15 is 0 Å². The number of esters is 1. The third-order valence-electron chi connectivity index (χ3n) is 3.33. The lowest BCUT2D eigenvalue weighted by atomic mass is 10.1. The van der Waals surface area contributed by atoms with Gasteiger partial charge in [0, 0.05) is 5.75 Å². The van der Waals surface area contributed by atoms with E-state index in [2.05, 4.69) is 0 Å². The van der Waals surface area contributed by atoms with Crippen LogP contribution in [-0.2, 0) is 14.3 Å². The molecular weight excluding hydrogens is 224 g/mol. The number of hydrogen-bond acceptors (Lipinski definition) is 4. The van der Waals surface area contributed by atoms with E-state index in [1.54, 1.807) is 0 Å². The summed E-state index contributed by atoms with van der Waals surface area (Å²) in [6, 6.07) is 0. The van der Waals surface area contributed by atoms with Crippen LogP contribution in [-0.4, -0.2) is 31.4 Å². The second kappa shape index (κ2) is 5.41. The van der Waals surface area contributed by atoms with Gasteiger partial charge in [0.1, 0.15) is 0 Å². The van der Waals surface area contributed by atoms with Crippen molar-refractivity contribution >= 4 is 17.7 Å². The van der Waals surface area contributed by atoms with Crippen molar-refractivity contribution in [1.82, 2.24) is 0 Å². The Kier molecular flexibility index (Phi) is 4.14. The first-order chi connectivity index (χ1) is 7.74. The molecule has 0 unspecified atom stereocenters. The topological polar surface area (TPSA) is 35.5 Å². The van der Waals surface area contributed by atoms with Gasteiger partial charge in [-0.15, -0.1) is 11.8 Å². The molecule has 0 saturated heterocycles. The van der Waals surface area contributed by atoms with Crippen LogP contribution in [0.5, 0.6) is 0 Å². The minimum Gasteiger partial charge on any atom is -0.469 e. The Balaban J connectivity index is 1.52. The van der Waals surface area contributed by atoms with Gasteiger partial charge < -0.3 is 9.47 Å². The molecule has 92 valence electrons. The van der Waals surface area contributed by atoms with Gasteiger partial charge in [-0.25, -0.2) is 0 Å². The zero-order chi connectivity index (χ0) is 11.4. The summed E-state index contributed by atoms with van der Waals surface area (Å²) in [5.41, 5.74) is 0.237. The number of hydrogen-bond donors (Lipinski definition) is 0. The summed E-state index contributed by atoms with van der Waals surface area (Å²) in [7, 11) is 1.46. The fourth-order valence-electron chi connectivity index (χ4n) is 1.74. The molecule has 0 radical (unpaired) electrons. The molecule has 0 heterocycles. The molecule has 0 aromatic heterocycles. The van der Waals surface area contributed by atoms with E-state index in [-0.39, 0.29) is 11.4 Å². The largest absolute Gasteiger partial charge is 0.469 e. The van der Waals surface area contributed by atoms with Gasteiger partial charge in [-0.1, -0.05) is 0 Å². The van der Waals surface area contributed by atoms with Gasteiger partial charge >= 0.3 is 5.97 Å². The summed E-state index contributed by atoms with van der Waals surface area (Å²) in [6.07, 6.45) is 5.60. The average molecular weight is 244 g/mol. The molecule has 0 N–H and O–H groups in total. The minimum absolute atomic E-state index is 0.0722.